The third-order valence-corrected chi connectivity index (χ3v) is 13.5. The lowest BCUT2D eigenvalue weighted by Gasteiger charge is -2.28. The van der Waals surface area contributed by atoms with Gasteiger partial charge in [-0.2, -0.15) is 0 Å². The molecule has 1 rings (SSSR count). The second kappa shape index (κ2) is 38.9. The Balaban J connectivity index is 3.77. The van der Waals surface area contributed by atoms with Gasteiger partial charge in [-0.15, -0.1) is 0 Å². The molecule has 1 fully saturated rings. The van der Waals surface area contributed by atoms with Crippen LogP contribution < -0.4 is 71.2 Å². The number of amides is 8. The van der Waals surface area contributed by atoms with Gasteiger partial charge in [0.2, 0.25) is 47.3 Å². The lowest BCUT2D eigenvalue weighted by molar-refractivity contribution is -0.137. The molecule has 0 spiro atoms. The maximum absolute atomic E-state index is 14.4. The van der Waals surface area contributed by atoms with Gasteiger partial charge in [-0.1, -0.05) is 46.5 Å². The van der Waals surface area contributed by atoms with Crippen LogP contribution in [0.3, 0.4) is 0 Å². The first-order chi connectivity index (χ1) is 37.4. The first-order valence-electron chi connectivity index (χ1n) is 27.9. The summed E-state index contributed by atoms with van der Waals surface area (Å²) >= 11 is 0. The maximum Gasteiger partial charge on any atom is 0.245 e. The van der Waals surface area contributed by atoms with Crippen LogP contribution in [-0.2, 0) is 52.7 Å². The molecule has 79 heavy (non-hydrogen) atoms. The van der Waals surface area contributed by atoms with Crippen molar-refractivity contribution in [3.63, 3.8) is 0 Å². The van der Waals surface area contributed by atoms with Gasteiger partial charge in [-0.25, -0.2) is 0 Å². The molecule has 1 aliphatic heterocycles. The molecule has 8 amide bonds. The zero-order valence-electron chi connectivity index (χ0n) is 47.0. The van der Waals surface area contributed by atoms with E-state index in [1.807, 2.05) is 0 Å². The third kappa shape index (κ3) is 26.5. The lowest BCUT2D eigenvalue weighted by atomic mass is 9.89. The number of aliphatic hydroxyl groups is 3. The number of aliphatic hydroxyl groups excluding tert-OH is 3. The Morgan fingerprint density at radius 2 is 1.14 bits per heavy atom. The van der Waals surface area contributed by atoms with Gasteiger partial charge in [-0.3, -0.25) is 52.7 Å². The van der Waals surface area contributed by atoms with Crippen LogP contribution in [0.15, 0.2) is 0 Å². The molecule has 0 aromatic heterocycles. The van der Waals surface area contributed by atoms with Crippen LogP contribution in [-0.4, -0.2) is 180 Å². The lowest BCUT2D eigenvalue weighted by Crippen LogP contribution is -2.60. The van der Waals surface area contributed by atoms with E-state index >= 15 is 0 Å². The average molecular weight is 1130 g/mol. The molecule has 1 saturated heterocycles. The van der Waals surface area contributed by atoms with Crippen LogP contribution in [0.4, 0.5) is 0 Å². The Kier molecular flexibility index (Phi) is 35.2. The molecule has 0 aromatic rings. The molecule has 0 radical (unpaired) electrons. The molecule has 1 heterocycles. The maximum atomic E-state index is 14.4. The summed E-state index contributed by atoms with van der Waals surface area (Å²) in [7, 11) is 0. The number of unbranched alkanes of at least 4 members (excludes halogenated alkanes) is 4. The van der Waals surface area contributed by atoms with Gasteiger partial charge in [0, 0.05) is 50.0 Å². The summed E-state index contributed by atoms with van der Waals surface area (Å²) in [6.45, 7) is 6.14. The zero-order chi connectivity index (χ0) is 59.8. The van der Waals surface area contributed by atoms with E-state index in [0.717, 1.165) is 25.7 Å². The van der Waals surface area contributed by atoms with Crippen molar-refractivity contribution in [2.24, 2.45) is 52.3 Å². The molecule has 12 atom stereocenters. The van der Waals surface area contributed by atoms with E-state index in [4.69, 9.17) is 28.7 Å². The molecule has 0 aromatic carbocycles. The predicted molar refractivity (Wildman–Crippen MR) is 292 cm³/mol. The summed E-state index contributed by atoms with van der Waals surface area (Å²) < 4.78 is 0. The van der Waals surface area contributed by atoms with Crippen molar-refractivity contribution in [1.29, 1.82) is 0 Å². The second-order valence-electron chi connectivity index (χ2n) is 20.9. The Morgan fingerprint density at radius 1 is 0.620 bits per heavy atom. The molecule has 27 nitrogen and oxygen atoms in total. The van der Waals surface area contributed by atoms with Crippen LogP contribution >= 0.6 is 0 Å². The van der Waals surface area contributed by atoms with Crippen molar-refractivity contribution in [3.8, 4) is 0 Å². The highest BCUT2D eigenvalue weighted by atomic mass is 16.3. The Bertz CT molecular complexity index is 1980. The summed E-state index contributed by atoms with van der Waals surface area (Å²) in [6, 6.07) is -10.7. The molecule has 0 bridgehead atoms. The fourth-order valence-electron chi connectivity index (χ4n) is 9.02. The van der Waals surface area contributed by atoms with Crippen molar-refractivity contribution < 1.29 is 68.1 Å². The molecular weight excluding hydrogens is 1030 g/mol. The summed E-state index contributed by atoms with van der Waals surface area (Å²) in [4.78, 5) is 152. The number of carbonyl (C=O) groups excluding carboxylic acids is 11. The fraction of sp³-hybridized carbons (Fsp3) is 0.788. The minimum absolute atomic E-state index is 0.0567. The van der Waals surface area contributed by atoms with Crippen LogP contribution in [0, 0.1) is 23.7 Å². The van der Waals surface area contributed by atoms with E-state index in [1.165, 1.54) is 13.8 Å². The van der Waals surface area contributed by atoms with E-state index < -0.39 is 163 Å². The number of nitrogens with two attached hydrogens (primary N) is 5. The molecule has 27 heteroatoms. The summed E-state index contributed by atoms with van der Waals surface area (Å²) in [5.41, 5.74) is 29.1. The van der Waals surface area contributed by atoms with Crippen molar-refractivity contribution in [2.75, 3.05) is 45.9 Å². The second-order valence-corrected chi connectivity index (χ2v) is 20.9. The number of rotatable bonds is 30. The molecule has 0 aliphatic carbocycles. The van der Waals surface area contributed by atoms with Gasteiger partial charge in [0.05, 0.1) is 24.9 Å². The first kappa shape index (κ1) is 71.5. The van der Waals surface area contributed by atoms with Gasteiger partial charge < -0.3 is 86.5 Å². The van der Waals surface area contributed by atoms with Crippen LogP contribution in [0.25, 0.3) is 0 Å². The Labute approximate surface area is 464 Å². The van der Waals surface area contributed by atoms with E-state index in [2.05, 4.69) is 49.5 Å². The number of hydrogen-bond donors (Lipinski definition) is 16. The van der Waals surface area contributed by atoms with Gasteiger partial charge in [-0.05, 0) is 104 Å². The number of ketones is 3. The molecule has 0 saturated carbocycles. The molecule has 21 N–H and O–H groups in total. The monoisotopic (exact) mass is 1130 g/mol. The summed E-state index contributed by atoms with van der Waals surface area (Å²) in [5, 5.41) is 51.7. The van der Waals surface area contributed by atoms with E-state index in [-0.39, 0.29) is 95.8 Å². The highest BCUT2D eigenvalue weighted by Gasteiger charge is 2.37. The van der Waals surface area contributed by atoms with Crippen LogP contribution in [0.2, 0.25) is 0 Å². The molecular formula is C52H95N13O14. The highest BCUT2D eigenvalue weighted by molar-refractivity contribution is 5.99. The number of nitrogens with one attached hydrogen (secondary N) is 8. The third-order valence-electron chi connectivity index (χ3n) is 13.5. The van der Waals surface area contributed by atoms with Crippen LogP contribution in [0.1, 0.15) is 137 Å². The smallest absolute Gasteiger partial charge is 0.245 e. The van der Waals surface area contributed by atoms with Gasteiger partial charge in [0.1, 0.15) is 42.0 Å². The van der Waals surface area contributed by atoms with Crippen LogP contribution in [0.5, 0.6) is 0 Å². The molecule has 452 valence electrons. The Morgan fingerprint density at radius 3 is 1.66 bits per heavy atom. The summed E-state index contributed by atoms with van der Waals surface area (Å²) in [5.74, 6) is -12.4. The topological polar surface area (TPSA) is 475 Å². The van der Waals surface area contributed by atoms with Gasteiger partial charge >= 0.3 is 0 Å². The fourth-order valence-corrected chi connectivity index (χ4v) is 9.02. The normalized spacial score (nSPS) is 23.6. The van der Waals surface area contributed by atoms with Crippen molar-refractivity contribution in [1.82, 2.24) is 42.5 Å². The number of hydrogen-bond acceptors (Lipinski definition) is 19. The van der Waals surface area contributed by atoms with E-state index in [1.54, 1.807) is 13.8 Å². The van der Waals surface area contributed by atoms with E-state index in [9.17, 15) is 68.1 Å². The largest absolute Gasteiger partial charge is 0.394 e. The molecule has 0 unspecified atom stereocenters. The Hall–Kier alpha value is -5.55. The highest BCUT2D eigenvalue weighted by Crippen LogP contribution is 2.20. The number of Topliss-reactive ketones (excluding diaryl/α,β-unsaturated/α-hetero) is 3. The van der Waals surface area contributed by atoms with Crippen molar-refractivity contribution >= 4 is 64.6 Å². The van der Waals surface area contributed by atoms with Gasteiger partial charge in [0.25, 0.3) is 0 Å². The van der Waals surface area contributed by atoms with E-state index in [0.29, 0.717) is 6.42 Å². The quantitative estimate of drug-likeness (QED) is 0.0302. The average Bonchev–Trinajstić information content (AvgIpc) is 3.38. The SMILES string of the molecule is CCCCCCCC(=O)C[C@@H](CCN)C(=O)N[C@H](C(=O)C[C@H](CCN)C(=O)N[C@H]1CCNC(=O)[C@H]([C@@H](C)O)NC(=O)[C@H](CCN)NC(=O)[C@H](CCN)NC(=O)[C@H](CO)NC(=O)[C@@H](CC(C)C)CC(=O)[C@H](CCN)NC1=O)[C@@H](C)O. The van der Waals surface area contributed by atoms with Gasteiger partial charge in [0.15, 0.2) is 11.6 Å². The predicted octanol–water partition coefficient (Wildman–Crippen LogP) is -4.47. The standard InChI is InChI=1S/C52H95N13O14/c1-6-7-8-9-10-11-35(69)25-32(12-18-53)46(73)64-43(30(4)67)42(71)26-33(13-19-54)45(72)60-39-17-23-58-52(79)44(31(5)68)65-50(77)38(16-22-57)61-48(75)37(15-21-56)62-51(78)40(28-66)63-47(74)34(24-29(2)3)27-41(70)36(14-20-55)59-49(39)76/h29-34,36-40,43-44,66-68H,6-28,53-57H2,1-5H3,(H,58,79)(H,59,76)(H,60,72)(H,61,75)(H,62,78)(H,63,74)(H,64,73)(H,65,77)/t30-,31-,32-,33+,34+,36+,37+,38+,39+,40+,43+,44+/m1/s1. The molecule has 1 aliphatic rings. The summed E-state index contributed by atoms with van der Waals surface area (Å²) in [6.07, 6.45) is -0.318. The first-order valence-corrected chi connectivity index (χ1v) is 27.9. The minimum atomic E-state index is -1.68. The van der Waals surface area contributed by atoms with Crippen molar-refractivity contribution in [3.05, 3.63) is 0 Å². The van der Waals surface area contributed by atoms with Crippen molar-refractivity contribution in [2.45, 2.75) is 192 Å². The number of carbonyl (C=O) groups is 11. The minimum Gasteiger partial charge on any atom is -0.394 e. The zero-order valence-corrected chi connectivity index (χ0v) is 47.0.